The third-order valence-corrected chi connectivity index (χ3v) is 1.33. The van der Waals surface area contributed by atoms with E-state index in [-0.39, 0.29) is 5.78 Å². The van der Waals surface area contributed by atoms with Gasteiger partial charge in [-0.2, -0.15) is 0 Å². The summed E-state index contributed by atoms with van der Waals surface area (Å²) in [4.78, 5) is 10.5. The highest BCUT2D eigenvalue weighted by molar-refractivity contribution is 5.75. The first-order valence-corrected chi connectivity index (χ1v) is 3.90. The van der Waals surface area contributed by atoms with Gasteiger partial charge < -0.3 is 9.53 Å². The fourth-order valence-corrected chi connectivity index (χ4v) is 0.751. The van der Waals surface area contributed by atoms with Crippen LogP contribution in [0.25, 0.3) is 0 Å². The van der Waals surface area contributed by atoms with E-state index in [1.54, 1.807) is 14.0 Å². The van der Waals surface area contributed by atoms with E-state index in [1.165, 1.54) is 0 Å². The van der Waals surface area contributed by atoms with Crippen molar-refractivity contribution in [1.29, 1.82) is 0 Å². The van der Waals surface area contributed by atoms with Crippen molar-refractivity contribution in [2.24, 2.45) is 0 Å². The number of ether oxygens (including phenoxy) is 1. The standard InChI is InChI=1S/C9H16O2/c1-9(10)7-5-3-4-6-8-11-2/h4,6H,3,5,7-8H2,1-2H3/b6-4+. The van der Waals surface area contributed by atoms with E-state index in [0.717, 1.165) is 12.8 Å². The fourth-order valence-electron chi connectivity index (χ4n) is 0.751. The number of hydrogen-bond acceptors (Lipinski definition) is 2. The fraction of sp³-hybridized carbons (Fsp3) is 0.667. The van der Waals surface area contributed by atoms with Crippen molar-refractivity contribution in [2.75, 3.05) is 13.7 Å². The lowest BCUT2D eigenvalue weighted by atomic mass is 10.2. The normalized spacial score (nSPS) is 10.7. The second kappa shape index (κ2) is 7.48. The topological polar surface area (TPSA) is 26.3 Å². The number of unbranched alkanes of at least 4 members (excludes halogenated alkanes) is 1. The van der Waals surface area contributed by atoms with Crippen molar-refractivity contribution < 1.29 is 9.53 Å². The van der Waals surface area contributed by atoms with Gasteiger partial charge in [0.05, 0.1) is 6.61 Å². The molecule has 0 aliphatic rings. The molecule has 0 aromatic heterocycles. The van der Waals surface area contributed by atoms with Gasteiger partial charge in [-0.25, -0.2) is 0 Å². The predicted molar refractivity (Wildman–Crippen MR) is 45.5 cm³/mol. The lowest BCUT2D eigenvalue weighted by Gasteiger charge is -1.91. The maximum absolute atomic E-state index is 10.5. The summed E-state index contributed by atoms with van der Waals surface area (Å²) in [7, 11) is 1.67. The van der Waals surface area contributed by atoms with Crippen LogP contribution in [0.3, 0.4) is 0 Å². The molecule has 0 saturated heterocycles. The zero-order chi connectivity index (χ0) is 8.53. The molecule has 0 amide bonds. The quantitative estimate of drug-likeness (QED) is 0.434. The largest absolute Gasteiger partial charge is 0.381 e. The van der Waals surface area contributed by atoms with Crippen LogP contribution in [0.5, 0.6) is 0 Å². The smallest absolute Gasteiger partial charge is 0.129 e. The minimum absolute atomic E-state index is 0.269. The second-order valence-corrected chi connectivity index (χ2v) is 2.52. The lowest BCUT2D eigenvalue weighted by Crippen LogP contribution is -1.88. The molecule has 0 aliphatic heterocycles. The molecule has 64 valence electrons. The number of hydrogen-bond donors (Lipinski definition) is 0. The Morgan fingerprint density at radius 3 is 2.73 bits per heavy atom. The number of carbonyl (C=O) groups is 1. The maximum atomic E-state index is 10.5. The van der Waals surface area contributed by atoms with Crippen molar-refractivity contribution in [3.63, 3.8) is 0 Å². The summed E-state index contributed by atoms with van der Waals surface area (Å²) in [5, 5.41) is 0. The van der Waals surface area contributed by atoms with Gasteiger partial charge in [-0.1, -0.05) is 12.2 Å². The van der Waals surface area contributed by atoms with E-state index in [1.807, 2.05) is 12.2 Å². The highest BCUT2D eigenvalue weighted by atomic mass is 16.5. The number of methoxy groups -OCH3 is 1. The number of ketones is 1. The average molecular weight is 156 g/mol. The molecular formula is C9H16O2. The van der Waals surface area contributed by atoms with Crippen molar-refractivity contribution >= 4 is 5.78 Å². The number of carbonyl (C=O) groups excluding carboxylic acids is 1. The van der Waals surface area contributed by atoms with Crippen molar-refractivity contribution in [3.05, 3.63) is 12.2 Å². The highest BCUT2D eigenvalue weighted by Gasteiger charge is 1.89. The Labute approximate surface area is 68.2 Å². The zero-order valence-electron chi connectivity index (χ0n) is 7.30. The summed E-state index contributed by atoms with van der Waals surface area (Å²) in [6.45, 7) is 2.29. The van der Waals surface area contributed by atoms with E-state index in [9.17, 15) is 4.79 Å². The van der Waals surface area contributed by atoms with Gasteiger partial charge in [0.2, 0.25) is 0 Å². The Hall–Kier alpha value is -0.630. The molecular weight excluding hydrogens is 140 g/mol. The Bertz CT molecular complexity index is 128. The van der Waals surface area contributed by atoms with Gasteiger partial charge in [-0.3, -0.25) is 0 Å². The third-order valence-electron chi connectivity index (χ3n) is 1.33. The molecule has 0 radical (unpaired) electrons. The highest BCUT2D eigenvalue weighted by Crippen LogP contribution is 1.96. The van der Waals surface area contributed by atoms with Gasteiger partial charge in [0.25, 0.3) is 0 Å². The minimum atomic E-state index is 0.269. The van der Waals surface area contributed by atoms with Gasteiger partial charge >= 0.3 is 0 Å². The molecule has 11 heavy (non-hydrogen) atoms. The van der Waals surface area contributed by atoms with Crippen molar-refractivity contribution in [2.45, 2.75) is 26.2 Å². The van der Waals surface area contributed by atoms with E-state index in [2.05, 4.69) is 0 Å². The average Bonchev–Trinajstić information content (AvgIpc) is 1.96. The van der Waals surface area contributed by atoms with Gasteiger partial charge in [0, 0.05) is 13.5 Å². The summed E-state index contributed by atoms with van der Waals surface area (Å²) < 4.78 is 4.82. The molecule has 2 nitrogen and oxygen atoms in total. The molecule has 0 aliphatic carbocycles. The molecule has 0 unspecified atom stereocenters. The molecule has 2 heteroatoms. The Morgan fingerprint density at radius 1 is 1.45 bits per heavy atom. The minimum Gasteiger partial charge on any atom is -0.381 e. The number of rotatable bonds is 6. The van der Waals surface area contributed by atoms with Crippen LogP contribution in [0, 0.1) is 0 Å². The van der Waals surface area contributed by atoms with Crippen LogP contribution >= 0.6 is 0 Å². The summed E-state index contributed by atoms with van der Waals surface area (Å²) >= 11 is 0. The molecule has 0 rings (SSSR count). The summed E-state index contributed by atoms with van der Waals surface area (Å²) in [5.41, 5.74) is 0. The SMILES string of the molecule is COC/C=C/CCCC(C)=O. The van der Waals surface area contributed by atoms with Gasteiger partial charge in [-0.05, 0) is 19.8 Å². The molecule has 0 aromatic carbocycles. The van der Waals surface area contributed by atoms with Crippen LogP contribution in [0.15, 0.2) is 12.2 Å². The zero-order valence-corrected chi connectivity index (χ0v) is 7.30. The lowest BCUT2D eigenvalue weighted by molar-refractivity contribution is -0.117. The number of Topliss-reactive ketones (excluding diaryl/α,β-unsaturated/α-hetero) is 1. The number of allylic oxidation sites excluding steroid dienone is 1. The molecule has 0 heterocycles. The van der Waals surface area contributed by atoms with E-state index in [0.29, 0.717) is 13.0 Å². The van der Waals surface area contributed by atoms with Crippen LogP contribution in [0.1, 0.15) is 26.2 Å². The molecule has 0 bridgehead atoms. The first-order valence-electron chi connectivity index (χ1n) is 3.90. The summed E-state index contributed by atoms with van der Waals surface area (Å²) in [5.74, 6) is 0.269. The first-order chi connectivity index (χ1) is 5.27. The second-order valence-electron chi connectivity index (χ2n) is 2.52. The Morgan fingerprint density at radius 2 is 2.18 bits per heavy atom. The summed E-state index contributed by atoms with van der Waals surface area (Å²) in [6.07, 6.45) is 6.64. The van der Waals surface area contributed by atoms with E-state index >= 15 is 0 Å². The van der Waals surface area contributed by atoms with Crippen LogP contribution in [-0.2, 0) is 9.53 Å². The molecule has 0 aromatic rings. The van der Waals surface area contributed by atoms with Crippen LogP contribution < -0.4 is 0 Å². The van der Waals surface area contributed by atoms with Crippen LogP contribution in [0.2, 0.25) is 0 Å². The van der Waals surface area contributed by atoms with Crippen molar-refractivity contribution in [1.82, 2.24) is 0 Å². The summed E-state index contributed by atoms with van der Waals surface area (Å²) in [6, 6.07) is 0. The Balaban J connectivity index is 3.07. The monoisotopic (exact) mass is 156 g/mol. The van der Waals surface area contributed by atoms with Gasteiger partial charge in [0.1, 0.15) is 5.78 Å². The van der Waals surface area contributed by atoms with E-state index in [4.69, 9.17) is 4.74 Å². The van der Waals surface area contributed by atoms with Crippen LogP contribution in [-0.4, -0.2) is 19.5 Å². The van der Waals surface area contributed by atoms with Crippen molar-refractivity contribution in [3.8, 4) is 0 Å². The molecule has 0 N–H and O–H groups in total. The maximum Gasteiger partial charge on any atom is 0.129 e. The molecule has 0 fully saturated rings. The molecule has 0 spiro atoms. The third kappa shape index (κ3) is 9.37. The Kier molecular flexibility index (Phi) is 7.05. The first kappa shape index (κ1) is 10.4. The van der Waals surface area contributed by atoms with Gasteiger partial charge in [-0.15, -0.1) is 0 Å². The van der Waals surface area contributed by atoms with Crippen LogP contribution in [0.4, 0.5) is 0 Å². The predicted octanol–water partition coefficient (Wildman–Crippen LogP) is 1.95. The van der Waals surface area contributed by atoms with Gasteiger partial charge in [0.15, 0.2) is 0 Å². The van der Waals surface area contributed by atoms with E-state index < -0.39 is 0 Å². The molecule has 0 saturated carbocycles. The molecule has 0 atom stereocenters.